The van der Waals surface area contributed by atoms with Crippen LogP contribution in [0.1, 0.15) is 34.8 Å². The number of para-hydroxylation sites is 1. The minimum Gasteiger partial charge on any atom is -0.446 e. The van der Waals surface area contributed by atoms with Gasteiger partial charge in [0.05, 0.1) is 17.8 Å². The summed E-state index contributed by atoms with van der Waals surface area (Å²) < 4.78 is 55.0. The Balaban J connectivity index is 2.09. The number of carbonyl (C=O) groups is 2. The van der Waals surface area contributed by atoms with Gasteiger partial charge in [0.25, 0.3) is 5.91 Å². The number of hydrogen-bond donors (Lipinski definition) is 2. The standard InChI is InChI=1S/C21H27F3N4O5/c1-31-11-5-9-25-19(29)17-14-33-18(26-17)13-28(10-6-12-32-2)20(30)27-16-8-4-3-7-15(16)21(22,23)24/h3-4,7-8,14H,5-6,9-13H2,1-2H3,(H,25,29)(H,27,30). The quantitative estimate of drug-likeness (QED) is 0.458. The summed E-state index contributed by atoms with van der Waals surface area (Å²) in [5.74, 6) is -0.385. The third-order valence-electron chi connectivity index (χ3n) is 4.46. The van der Waals surface area contributed by atoms with E-state index in [0.29, 0.717) is 32.6 Å². The Morgan fingerprint density at radius 2 is 1.82 bits per heavy atom. The van der Waals surface area contributed by atoms with E-state index in [1.807, 2.05) is 0 Å². The molecule has 0 fully saturated rings. The second-order valence-electron chi connectivity index (χ2n) is 6.97. The van der Waals surface area contributed by atoms with E-state index in [1.165, 1.54) is 30.2 Å². The fraction of sp³-hybridized carbons (Fsp3) is 0.476. The van der Waals surface area contributed by atoms with Crippen molar-refractivity contribution in [3.63, 3.8) is 0 Å². The molecule has 0 unspecified atom stereocenters. The Morgan fingerprint density at radius 3 is 2.52 bits per heavy atom. The molecule has 2 rings (SSSR count). The van der Waals surface area contributed by atoms with Crippen LogP contribution in [0.15, 0.2) is 34.9 Å². The SMILES string of the molecule is COCCCNC(=O)c1coc(CN(CCCOC)C(=O)Nc2ccccc2C(F)(F)F)n1. The van der Waals surface area contributed by atoms with Crippen LogP contribution in [0.3, 0.4) is 0 Å². The van der Waals surface area contributed by atoms with E-state index in [1.54, 1.807) is 7.11 Å². The van der Waals surface area contributed by atoms with Crippen molar-refractivity contribution in [3.05, 3.63) is 47.7 Å². The summed E-state index contributed by atoms with van der Waals surface area (Å²) in [6.45, 7) is 1.23. The monoisotopic (exact) mass is 472 g/mol. The molecule has 0 aliphatic carbocycles. The number of carbonyl (C=O) groups excluding carboxylic acids is 2. The van der Waals surface area contributed by atoms with Gasteiger partial charge in [-0.1, -0.05) is 12.1 Å². The predicted molar refractivity (Wildman–Crippen MR) is 113 cm³/mol. The highest BCUT2D eigenvalue weighted by molar-refractivity contribution is 5.92. The van der Waals surface area contributed by atoms with E-state index in [2.05, 4.69) is 15.6 Å². The van der Waals surface area contributed by atoms with Crippen molar-refractivity contribution in [2.24, 2.45) is 0 Å². The molecule has 3 amide bonds. The predicted octanol–water partition coefficient (Wildman–Crippen LogP) is 3.53. The maximum atomic E-state index is 13.3. The number of hydrogen-bond acceptors (Lipinski definition) is 6. The first kappa shape index (κ1) is 26.1. The zero-order valence-corrected chi connectivity index (χ0v) is 18.4. The third-order valence-corrected chi connectivity index (χ3v) is 4.46. The Labute approximate surface area is 189 Å². The lowest BCUT2D eigenvalue weighted by Gasteiger charge is -2.23. The van der Waals surface area contributed by atoms with E-state index in [4.69, 9.17) is 13.9 Å². The van der Waals surface area contributed by atoms with E-state index >= 15 is 0 Å². The van der Waals surface area contributed by atoms with Gasteiger partial charge < -0.3 is 29.4 Å². The Bertz CT molecular complexity index is 904. The van der Waals surface area contributed by atoms with Crippen molar-refractivity contribution in [3.8, 4) is 0 Å². The number of nitrogens with zero attached hydrogens (tertiary/aromatic N) is 2. The van der Waals surface area contributed by atoms with Crippen LogP contribution in [-0.2, 0) is 22.2 Å². The van der Waals surface area contributed by atoms with Crippen LogP contribution in [0.4, 0.5) is 23.7 Å². The summed E-state index contributed by atoms with van der Waals surface area (Å²) in [7, 11) is 3.05. The number of methoxy groups -OCH3 is 2. The van der Waals surface area contributed by atoms with E-state index < -0.39 is 23.7 Å². The zero-order valence-electron chi connectivity index (χ0n) is 18.4. The van der Waals surface area contributed by atoms with Crippen molar-refractivity contribution >= 4 is 17.6 Å². The number of oxazole rings is 1. The van der Waals surface area contributed by atoms with Gasteiger partial charge in [-0.05, 0) is 25.0 Å². The number of rotatable bonds is 12. The first-order valence-electron chi connectivity index (χ1n) is 10.2. The molecule has 0 aliphatic heterocycles. The second-order valence-corrected chi connectivity index (χ2v) is 6.97. The van der Waals surface area contributed by atoms with Crippen molar-refractivity contribution in [1.82, 2.24) is 15.2 Å². The van der Waals surface area contributed by atoms with Crippen LogP contribution >= 0.6 is 0 Å². The highest BCUT2D eigenvalue weighted by Gasteiger charge is 2.34. The summed E-state index contributed by atoms with van der Waals surface area (Å²) >= 11 is 0. The number of ether oxygens (including phenoxy) is 2. The summed E-state index contributed by atoms with van der Waals surface area (Å²) in [5.41, 5.74) is -1.30. The lowest BCUT2D eigenvalue weighted by Crippen LogP contribution is -2.36. The van der Waals surface area contributed by atoms with Gasteiger partial charge in [0.15, 0.2) is 5.69 Å². The lowest BCUT2D eigenvalue weighted by atomic mass is 10.1. The van der Waals surface area contributed by atoms with Gasteiger partial charge in [0.1, 0.15) is 6.26 Å². The highest BCUT2D eigenvalue weighted by atomic mass is 19.4. The zero-order chi connectivity index (χ0) is 24.3. The van der Waals surface area contributed by atoms with Gasteiger partial charge >= 0.3 is 12.2 Å². The van der Waals surface area contributed by atoms with Crippen molar-refractivity contribution in [2.75, 3.05) is 45.8 Å². The molecule has 0 bridgehead atoms. The lowest BCUT2D eigenvalue weighted by molar-refractivity contribution is -0.136. The Hall–Kier alpha value is -3.12. The van der Waals surface area contributed by atoms with Crippen molar-refractivity contribution in [2.45, 2.75) is 25.6 Å². The number of aromatic nitrogens is 1. The molecular formula is C21H27F3N4O5. The molecule has 2 aromatic rings. The topological polar surface area (TPSA) is 106 Å². The first-order valence-corrected chi connectivity index (χ1v) is 10.2. The van der Waals surface area contributed by atoms with Gasteiger partial charge in [-0.15, -0.1) is 0 Å². The van der Waals surface area contributed by atoms with E-state index in [9.17, 15) is 22.8 Å². The van der Waals surface area contributed by atoms with Crippen molar-refractivity contribution in [1.29, 1.82) is 0 Å². The van der Waals surface area contributed by atoms with Crippen LogP contribution in [0.2, 0.25) is 0 Å². The smallest absolute Gasteiger partial charge is 0.418 e. The van der Waals surface area contributed by atoms with Crippen LogP contribution in [0.25, 0.3) is 0 Å². The molecule has 0 saturated carbocycles. The van der Waals surface area contributed by atoms with E-state index in [-0.39, 0.29) is 30.4 Å². The Morgan fingerprint density at radius 1 is 1.12 bits per heavy atom. The number of amides is 3. The number of alkyl halides is 3. The molecular weight excluding hydrogens is 445 g/mol. The molecule has 0 radical (unpaired) electrons. The molecule has 9 nitrogen and oxygen atoms in total. The summed E-state index contributed by atoms with van der Waals surface area (Å²) in [6.07, 6.45) is -2.41. The van der Waals surface area contributed by atoms with E-state index in [0.717, 1.165) is 12.3 Å². The van der Waals surface area contributed by atoms with Crippen molar-refractivity contribution < 1.29 is 36.7 Å². The number of halogens is 3. The average molecular weight is 472 g/mol. The fourth-order valence-electron chi connectivity index (χ4n) is 2.85. The molecule has 0 atom stereocenters. The Kier molecular flexibility index (Phi) is 10.1. The molecule has 2 N–H and O–H groups in total. The summed E-state index contributed by atoms with van der Waals surface area (Å²) in [5, 5.41) is 4.96. The number of nitrogens with one attached hydrogen (secondary N) is 2. The number of urea groups is 1. The molecule has 1 aromatic heterocycles. The average Bonchev–Trinajstić information content (AvgIpc) is 3.24. The maximum absolute atomic E-state index is 13.3. The van der Waals surface area contributed by atoms with Gasteiger partial charge in [-0.3, -0.25) is 4.79 Å². The van der Waals surface area contributed by atoms with Gasteiger partial charge in [-0.2, -0.15) is 13.2 Å². The molecule has 0 aliphatic rings. The third kappa shape index (κ3) is 8.39. The molecule has 182 valence electrons. The molecule has 12 heteroatoms. The summed E-state index contributed by atoms with van der Waals surface area (Å²) in [6, 6.07) is 3.92. The minimum atomic E-state index is -4.63. The molecule has 0 spiro atoms. The van der Waals surface area contributed by atoms with Gasteiger partial charge in [0.2, 0.25) is 5.89 Å². The van der Waals surface area contributed by atoms with Gasteiger partial charge in [0, 0.05) is 40.5 Å². The molecule has 1 aromatic carbocycles. The number of benzene rings is 1. The molecule has 0 saturated heterocycles. The highest BCUT2D eigenvalue weighted by Crippen LogP contribution is 2.34. The largest absolute Gasteiger partial charge is 0.446 e. The van der Waals surface area contributed by atoms with Crippen LogP contribution in [0, 0.1) is 0 Å². The summed E-state index contributed by atoms with van der Waals surface area (Å²) in [4.78, 5) is 30.2. The second kappa shape index (κ2) is 12.8. The normalized spacial score (nSPS) is 11.3. The number of anilines is 1. The molecule has 33 heavy (non-hydrogen) atoms. The first-order chi connectivity index (χ1) is 15.8. The van der Waals surface area contributed by atoms with Crippen LogP contribution in [-0.4, -0.2) is 62.3 Å². The van der Waals surface area contributed by atoms with Crippen LogP contribution < -0.4 is 10.6 Å². The molecule has 1 heterocycles. The van der Waals surface area contributed by atoms with Crippen LogP contribution in [0.5, 0.6) is 0 Å². The maximum Gasteiger partial charge on any atom is 0.418 e. The van der Waals surface area contributed by atoms with Gasteiger partial charge in [-0.25, -0.2) is 9.78 Å². The minimum absolute atomic E-state index is 0.0297. The fourth-order valence-corrected chi connectivity index (χ4v) is 2.85.